The lowest BCUT2D eigenvalue weighted by Crippen LogP contribution is -2.41. The maximum atomic E-state index is 12.1. The number of hydrogen-bond donors (Lipinski definition) is 0. The molecule has 0 N–H and O–H groups in total. The topological polar surface area (TPSA) is 55.8 Å². The molecule has 0 atom stereocenters. The molecule has 3 rings (SSSR count). The molecule has 0 unspecified atom stereocenters. The Morgan fingerprint density at radius 1 is 1.31 bits per heavy atom. The molecule has 0 radical (unpaired) electrons. The molecule has 1 aromatic rings. The number of nitrogens with zero attached hydrogens (tertiary/aromatic N) is 1. The highest BCUT2D eigenvalue weighted by Gasteiger charge is 2.26. The number of rotatable bonds is 2. The van der Waals surface area contributed by atoms with Crippen LogP contribution in [0.1, 0.15) is 55.1 Å². The SMILES string of the molecule is CC(C)(C)OC(=O)N1CCC(/C=C/c2ccc3c(c2Br)COC3=O)CC1. The Morgan fingerprint density at radius 3 is 2.65 bits per heavy atom. The van der Waals surface area contributed by atoms with E-state index in [0.717, 1.165) is 28.4 Å². The van der Waals surface area contributed by atoms with Crippen molar-refractivity contribution in [2.45, 2.75) is 45.8 Å². The molecule has 0 saturated carbocycles. The van der Waals surface area contributed by atoms with E-state index in [2.05, 4.69) is 28.1 Å². The largest absolute Gasteiger partial charge is 0.457 e. The summed E-state index contributed by atoms with van der Waals surface area (Å²) in [4.78, 5) is 25.5. The van der Waals surface area contributed by atoms with Crippen molar-refractivity contribution < 1.29 is 19.1 Å². The zero-order valence-electron chi connectivity index (χ0n) is 15.4. The lowest BCUT2D eigenvalue weighted by Gasteiger charge is -2.32. The summed E-state index contributed by atoms with van der Waals surface area (Å²) >= 11 is 3.59. The van der Waals surface area contributed by atoms with E-state index in [9.17, 15) is 9.59 Å². The summed E-state index contributed by atoms with van der Waals surface area (Å²) < 4.78 is 11.4. The minimum absolute atomic E-state index is 0.231. The highest BCUT2D eigenvalue weighted by atomic mass is 79.9. The van der Waals surface area contributed by atoms with Gasteiger partial charge in [0.2, 0.25) is 0 Å². The summed E-state index contributed by atoms with van der Waals surface area (Å²) in [5, 5.41) is 0. The molecular weight excluding hydrogens is 398 g/mol. The van der Waals surface area contributed by atoms with Gasteiger partial charge in [-0.2, -0.15) is 0 Å². The Bertz CT molecular complexity index is 743. The number of allylic oxidation sites excluding steroid dienone is 1. The van der Waals surface area contributed by atoms with Gasteiger partial charge in [0, 0.05) is 23.1 Å². The van der Waals surface area contributed by atoms with Gasteiger partial charge >= 0.3 is 12.1 Å². The predicted molar refractivity (Wildman–Crippen MR) is 103 cm³/mol. The van der Waals surface area contributed by atoms with Crippen molar-refractivity contribution in [3.63, 3.8) is 0 Å². The van der Waals surface area contributed by atoms with Crippen LogP contribution in [-0.2, 0) is 16.1 Å². The zero-order chi connectivity index (χ0) is 18.9. The fourth-order valence-electron chi connectivity index (χ4n) is 3.16. The van der Waals surface area contributed by atoms with E-state index < -0.39 is 5.60 Å². The minimum Gasteiger partial charge on any atom is -0.457 e. The van der Waals surface area contributed by atoms with E-state index in [4.69, 9.17) is 9.47 Å². The third kappa shape index (κ3) is 4.29. The third-order valence-corrected chi connectivity index (χ3v) is 5.52. The number of benzene rings is 1. The first-order valence-electron chi connectivity index (χ1n) is 8.89. The highest BCUT2D eigenvalue weighted by molar-refractivity contribution is 9.10. The predicted octanol–water partition coefficient (Wildman–Crippen LogP) is 4.78. The highest BCUT2D eigenvalue weighted by Crippen LogP contribution is 2.32. The van der Waals surface area contributed by atoms with Crippen molar-refractivity contribution in [2.24, 2.45) is 5.92 Å². The second-order valence-corrected chi connectivity index (χ2v) is 8.53. The number of amides is 1. The molecule has 2 heterocycles. The fourth-order valence-corrected chi connectivity index (χ4v) is 3.75. The Hall–Kier alpha value is -1.82. The van der Waals surface area contributed by atoms with Crippen molar-refractivity contribution in [3.8, 4) is 0 Å². The molecule has 2 aliphatic heterocycles. The number of hydrogen-bond acceptors (Lipinski definition) is 4. The summed E-state index contributed by atoms with van der Waals surface area (Å²) in [5.41, 5.74) is 2.13. The molecule has 6 heteroatoms. The van der Waals surface area contributed by atoms with Gasteiger partial charge < -0.3 is 14.4 Å². The van der Waals surface area contributed by atoms with Gasteiger partial charge in [-0.25, -0.2) is 9.59 Å². The average Bonchev–Trinajstić information content (AvgIpc) is 2.95. The van der Waals surface area contributed by atoms with Crippen LogP contribution in [0, 0.1) is 5.92 Å². The van der Waals surface area contributed by atoms with Crippen LogP contribution in [0.4, 0.5) is 4.79 Å². The van der Waals surface area contributed by atoms with Crippen molar-refractivity contribution in [1.82, 2.24) is 4.90 Å². The van der Waals surface area contributed by atoms with Gasteiger partial charge in [0.1, 0.15) is 12.2 Å². The minimum atomic E-state index is -0.460. The molecule has 0 aliphatic carbocycles. The van der Waals surface area contributed by atoms with Crippen LogP contribution in [0.3, 0.4) is 0 Å². The number of likely N-dealkylation sites (tertiary alicyclic amines) is 1. The second kappa shape index (κ2) is 7.43. The van der Waals surface area contributed by atoms with E-state index in [-0.39, 0.29) is 12.1 Å². The average molecular weight is 422 g/mol. The van der Waals surface area contributed by atoms with Gasteiger partial charge in [0.05, 0.1) is 5.56 Å². The van der Waals surface area contributed by atoms with E-state index in [1.807, 2.05) is 32.9 Å². The molecule has 1 amide bonds. The summed E-state index contributed by atoms with van der Waals surface area (Å²) in [5.74, 6) is 0.164. The maximum absolute atomic E-state index is 12.1. The van der Waals surface area contributed by atoms with Gasteiger partial charge in [-0.05, 0) is 67.1 Å². The molecule has 0 aromatic heterocycles. The molecule has 2 aliphatic rings. The number of fused-ring (bicyclic) bond motifs is 1. The number of halogens is 1. The summed E-state index contributed by atoms with van der Waals surface area (Å²) in [6.45, 7) is 7.38. The van der Waals surface area contributed by atoms with Crippen LogP contribution in [0.2, 0.25) is 0 Å². The number of piperidine rings is 1. The van der Waals surface area contributed by atoms with Crippen LogP contribution in [-0.4, -0.2) is 35.7 Å². The molecule has 140 valence electrons. The third-order valence-electron chi connectivity index (χ3n) is 4.58. The first-order valence-corrected chi connectivity index (χ1v) is 9.68. The van der Waals surface area contributed by atoms with Crippen LogP contribution in [0.5, 0.6) is 0 Å². The van der Waals surface area contributed by atoms with Crippen molar-refractivity contribution in [2.75, 3.05) is 13.1 Å². The standard InChI is InChI=1S/C20H24BrNO4/c1-20(2,3)26-19(24)22-10-8-13(9-11-22)4-5-14-6-7-15-16(17(14)21)12-25-18(15)23/h4-7,13H,8-12H2,1-3H3/b5-4+. The maximum Gasteiger partial charge on any atom is 0.410 e. The molecule has 0 spiro atoms. The first-order chi connectivity index (χ1) is 12.2. The second-order valence-electron chi connectivity index (χ2n) is 7.73. The molecular formula is C20H24BrNO4. The zero-order valence-corrected chi connectivity index (χ0v) is 17.0. The molecule has 5 nitrogen and oxygen atoms in total. The number of carbonyl (C=O) groups is 2. The van der Waals surface area contributed by atoms with E-state index >= 15 is 0 Å². The molecule has 1 saturated heterocycles. The lowest BCUT2D eigenvalue weighted by atomic mass is 9.95. The van der Waals surface area contributed by atoms with E-state index in [1.165, 1.54) is 0 Å². The molecule has 26 heavy (non-hydrogen) atoms. The van der Waals surface area contributed by atoms with Gasteiger partial charge in [-0.1, -0.05) is 18.2 Å². The monoisotopic (exact) mass is 421 g/mol. The number of ether oxygens (including phenoxy) is 2. The van der Waals surface area contributed by atoms with Gasteiger partial charge in [-0.3, -0.25) is 0 Å². The van der Waals surface area contributed by atoms with Crippen molar-refractivity contribution >= 4 is 34.1 Å². The Balaban J connectivity index is 1.58. The van der Waals surface area contributed by atoms with Crippen LogP contribution in [0.15, 0.2) is 22.7 Å². The van der Waals surface area contributed by atoms with E-state index in [0.29, 0.717) is 31.2 Å². The normalized spacial score (nSPS) is 18.2. The lowest BCUT2D eigenvalue weighted by molar-refractivity contribution is 0.0197. The van der Waals surface area contributed by atoms with E-state index in [1.54, 1.807) is 4.90 Å². The molecule has 0 bridgehead atoms. The smallest absolute Gasteiger partial charge is 0.410 e. The number of cyclic esters (lactones) is 1. The Morgan fingerprint density at radius 2 is 2.00 bits per heavy atom. The Kier molecular flexibility index (Phi) is 5.42. The quantitative estimate of drug-likeness (QED) is 0.644. The number of carbonyl (C=O) groups excluding carboxylic acids is 2. The summed E-state index contributed by atoms with van der Waals surface area (Å²) in [6, 6.07) is 3.75. The van der Waals surface area contributed by atoms with Gasteiger partial charge in [0.25, 0.3) is 0 Å². The van der Waals surface area contributed by atoms with Crippen molar-refractivity contribution in [3.05, 3.63) is 39.4 Å². The summed E-state index contributed by atoms with van der Waals surface area (Å²) in [7, 11) is 0. The van der Waals surface area contributed by atoms with Gasteiger partial charge in [0.15, 0.2) is 0 Å². The Labute approximate surface area is 162 Å². The van der Waals surface area contributed by atoms with Crippen LogP contribution < -0.4 is 0 Å². The first kappa shape index (κ1) is 19.0. The molecule has 1 fully saturated rings. The summed E-state index contributed by atoms with van der Waals surface area (Å²) in [6.07, 6.45) is 5.88. The number of esters is 1. The molecule has 1 aromatic carbocycles. The van der Waals surface area contributed by atoms with Gasteiger partial charge in [-0.15, -0.1) is 0 Å². The van der Waals surface area contributed by atoms with Crippen molar-refractivity contribution in [1.29, 1.82) is 0 Å². The van der Waals surface area contributed by atoms with Crippen LogP contribution in [0.25, 0.3) is 6.08 Å². The fraction of sp³-hybridized carbons (Fsp3) is 0.500. The van der Waals surface area contributed by atoms with Crippen LogP contribution >= 0.6 is 15.9 Å².